The van der Waals surface area contributed by atoms with Gasteiger partial charge in [-0.3, -0.25) is 10.1 Å². The SMILES string of the molecule is O=C1C(c2ccccc2)NC(C2CCCC2)N1C1CCC1. The first-order valence-electron chi connectivity index (χ1n) is 8.48. The molecule has 112 valence electrons. The number of nitrogens with one attached hydrogen (secondary N) is 1. The molecule has 0 spiro atoms. The Balaban J connectivity index is 1.61. The standard InChI is InChI=1S/C18H24N2O/c21-18-16(13-7-2-1-3-8-13)19-17(14-9-4-5-10-14)20(18)15-11-6-12-15/h1-3,7-8,14-17,19H,4-6,9-12H2. The Bertz CT molecular complexity index is 505. The van der Waals surface area contributed by atoms with Crippen LogP contribution in [0, 0.1) is 5.92 Å². The molecule has 1 heterocycles. The van der Waals surface area contributed by atoms with Gasteiger partial charge in [-0.1, -0.05) is 43.2 Å². The number of nitrogens with zero attached hydrogens (tertiary/aromatic N) is 1. The van der Waals surface area contributed by atoms with Crippen molar-refractivity contribution in [1.82, 2.24) is 10.2 Å². The molecular weight excluding hydrogens is 260 g/mol. The molecule has 0 radical (unpaired) electrons. The molecule has 1 aromatic rings. The second-order valence-corrected chi connectivity index (χ2v) is 6.83. The molecule has 21 heavy (non-hydrogen) atoms. The quantitative estimate of drug-likeness (QED) is 0.924. The largest absolute Gasteiger partial charge is 0.322 e. The third kappa shape index (κ3) is 2.28. The van der Waals surface area contributed by atoms with Crippen molar-refractivity contribution >= 4 is 5.91 Å². The van der Waals surface area contributed by atoms with E-state index in [1.165, 1.54) is 44.9 Å². The first-order valence-corrected chi connectivity index (χ1v) is 8.48. The maximum atomic E-state index is 13.0. The molecule has 3 fully saturated rings. The first-order chi connectivity index (χ1) is 10.3. The molecule has 1 N–H and O–H groups in total. The van der Waals surface area contributed by atoms with Crippen LogP contribution in [0.1, 0.15) is 56.6 Å². The summed E-state index contributed by atoms with van der Waals surface area (Å²) in [5, 5.41) is 3.67. The van der Waals surface area contributed by atoms with Gasteiger partial charge < -0.3 is 4.90 Å². The summed E-state index contributed by atoms with van der Waals surface area (Å²) in [5.74, 6) is 0.964. The number of rotatable bonds is 3. The molecule has 3 heteroatoms. The Kier molecular flexibility index (Phi) is 3.46. The van der Waals surface area contributed by atoms with Crippen LogP contribution in [0.4, 0.5) is 0 Å². The highest BCUT2D eigenvalue weighted by Gasteiger charge is 2.47. The summed E-state index contributed by atoms with van der Waals surface area (Å²) in [5.41, 5.74) is 1.12. The number of hydrogen-bond donors (Lipinski definition) is 1. The maximum absolute atomic E-state index is 13.0. The van der Waals surface area contributed by atoms with Crippen molar-refractivity contribution in [1.29, 1.82) is 0 Å². The Morgan fingerprint density at radius 3 is 2.29 bits per heavy atom. The Morgan fingerprint density at radius 2 is 1.67 bits per heavy atom. The number of amides is 1. The van der Waals surface area contributed by atoms with Crippen molar-refractivity contribution < 1.29 is 4.79 Å². The second-order valence-electron chi connectivity index (χ2n) is 6.83. The molecule has 0 aromatic heterocycles. The summed E-state index contributed by atoms with van der Waals surface area (Å²) in [6.45, 7) is 0. The Labute approximate surface area is 126 Å². The van der Waals surface area contributed by atoms with E-state index < -0.39 is 0 Å². The molecule has 1 aliphatic heterocycles. The average Bonchev–Trinajstić information content (AvgIpc) is 3.08. The lowest BCUT2D eigenvalue weighted by molar-refractivity contribution is -0.134. The van der Waals surface area contributed by atoms with E-state index in [-0.39, 0.29) is 12.2 Å². The zero-order valence-electron chi connectivity index (χ0n) is 12.5. The van der Waals surface area contributed by atoms with E-state index in [0.717, 1.165) is 5.56 Å². The lowest BCUT2D eigenvalue weighted by Gasteiger charge is -2.40. The van der Waals surface area contributed by atoms with E-state index in [9.17, 15) is 4.79 Å². The molecule has 3 nitrogen and oxygen atoms in total. The third-order valence-corrected chi connectivity index (χ3v) is 5.59. The fourth-order valence-electron chi connectivity index (χ4n) is 4.20. The smallest absolute Gasteiger partial charge is 0.245 e. The van der Waals surface area contributed by atoms with Crippen molar-refractivity contribution in [2.45, 2.75) is 63.2 Å². The van der Waals surface area contributed by atoms with Gasteiger partial charge in [0, 0.05) is 6.04 Å². The molecular formula is C18H24N2O. The van der Waals surface area contributed by atoms with Gasteiger partial charge in [-0.25, -0.2) is 0 Å². The van der Waals surface area contributed by atoms with Crippen molar-refractivity contribution in [2.75, 3.05) is 0 Å². The fourth-order valence-corrected chi connectivity index (χ4v) is 4.20. The second kappa shape index (κ2) is 5.45. The van der Waals surface area contributed by atoms with E-state index in [1.54, 1.807) is 0 Å². The predicted molar refractivity (Wildman–Crippen MR) is 82.5 cm³/mol. The lowest BCUT2D eigenvalue weighted by Crippen LogP contribution is -2.50. The van der Waals surface area contributed by atoms with Gasteiger partial charge in [-0.2, -0.15) is 0 Å². The average molecular weight is 284 g/mol. The normalized spacial score (nSPS) is 30.9. The van der Waals surface area contributed by atoms with Crippen molar-refractivity contribution in [3.05, 3.63) is 35.9 Å². The number of carbonyl (C=O) groups is 1. The van der Waals surface area contributed by atoms with Crippen LogP contribution in [0.3, 0.4) is 0 Å². The van der Waals surface area contributed by atoms with Crippen LogP contribution in [0.2, 0.25) is 0 Å². The highest BCUT2D eigenvalue weighted by Crippen LogP contribution is 2.39. The first kappa shape index (κ1) is 13.3. The summed E-state index contributed by atoms with van der Waals surface area (Å²) in [4.78, 5) is 15.2. The minimum Gasteiger partial charge on any atom is -0.322 e. The van der Waals surface area contributed by atoms with Crippen LogP contribution >= 0.6 is 0 Å². The molecule has 1 saturated heterocycles. The molecule has 2 saturated carbocycles. The van der Waals surface area contributed by atoms with E-state index in [0.29, 0.717) is 17.9 Å². The van der Waals surface area contributed by atoms with Gasteiger partial charge >= 0.3 is 0 Å². The summed E-state index contributed by atoms with van der Waals surface area (Å²) < 4.78 is 0. The summed E-state index contributed by atoms with van der Waals surface area (Å²) in [7, 11) is 0. The van der Waals surface area contributed by atoms with Gasteiger partial charge in [0.15, 0.2) is 0 Å². The molecule has 2 atom stereocenters. The maximum Gasteiger partial charge on any atom is 0.245 e. The van der Waals surface area contributed by atoms with Gasteiger partial charge in [0.1, 0.15) is 6.04 Å². The lowest BCUT2D eigenvalue weighted by atomic mass is 9.89. The molecule has 1 aromatic carbocycles. The fraction of sp³-hybridized carbons (Fsp3) is 0.611. The van der Waals surface area contributed by atoms with Gasteiger partial charge in [0.25, 0.3) is 0 Å². The van der Waals surface area contributed by atoms with Gasteiger partial charge in [-0.05, 0) is 43.6 Å². The van der Waals surface area contributed by atoms with E-state index in [2.05, 4.69) is 22.3 Å². The third-order valence-electron chi connectivity index (χ3n) is 5.59. The Hall–Kier alpha value is -1.35. The highest BCUT2D eigenvalue weighted by atomic mass is 16.2. The van der Waals surface area contributed by atoms with Crippen LogP contribution in [0.15, 0.2) is 30.3 Å². The minimum atomic E-state index is -0.127. The number of hydrogen-bond acceptors (Lipinski definition) is 2. The van der Waals surface area contributed by atoms with Crippen LogP contribution in [-0.2, 0) is 4.79 Å². The van der Waals surface area contributed by atoms with Crippen LogP contribution in [0.5, 0.6) is 0 Å². The van der Waals surface area contributed by atoms with E-state index >= 15 is 0 Å². The summed E-state index contributed by atoms with van der Waals surface area (Å²) in [6.07, 6.45) is 9.14. The van der Waals surface area contributed by atoms with Gasteiger partial charge in [-0.15, -0.1) is 0 Å². The zero-order chi connectivity index (χ0) is 14.2. The van der Waals surface area contributed by atoms with Crippen LogP contribution in [0.25, 0.3) is 0 Å². The van der Waals surface area contributed by atoms with Gasteiger partial charge in [0.2, 0.25) is 5.91 Å². The van der Waals surface area contributed by atoms with E-state index in [4.69, 9.17) is 0 Å². The minimum absolute atomic E-state index is 0.127. The number of carbonyl (C=O) groups excluding carboxylic acids is 1. The molecule has 2 unspecified atom stereocenters. The predicted octanol–water partition coefficient (Wildman–Crippen LogP) is 3.23. The van der Waals surface area contributed by atoms with Crippen LogP contribution < -0.4 is 5.32 Å². The van der Waals surface area contributed by atoms with Crippen molar-refractivity contribution in [3.63, 3.8) is 0 Å². The highest BCUT2D eigenvalue weighted by molar-refractivity contribution is 5.86. The molecule has 2 aliphatic carbocycles. The zero-order valence-corrected chi connectivity index (χ0v) is 12.5. The molecule has 1 amide bonds. The molecule has 4 rings (SSSR count). The number of benzene rings is 1. The molecule has 0 bridgehead atoms. The topological polar surface area (TPSA) is 32.3 Å². The Morgan fingerprint density at radius 1 is 0.952 bits per heavy atom. The van der Waals surface area contributed by atoms with Crippen molar-refractivity contribution in [2.24, 2.45) is 5.92 Å². The van der Waals surface area contributed by atoms with Gasteiger partial charge in [0.05, 0.1) is 6.17 Å². The monoisotopic (exact) mass is 284 g/mol. The summed E-state index contributed by atoms with van der Waals surface area (Å²) >= 11 is 0. The van der Waals surface area contributed by atoms with E-state index in [1.807, 2.05) is 18.2 Å². The van der Waals surface area contributed by atoms with Crippen molar-refractivity contribution in [3.8, 4) is 0 Å². The van der Waals surface area contributed by atoms with Crippen LogP contribution in [-0.4, -0.2) is 23.0 Å². The summed E-state index contributed by atoms with van der Waals surface area (Å²) in [6, 6.07) is 10.6. The molecule has 3 aliphatic rings.